The van der Waals surface area contributed by atoms with Gasteiger partial charge in [0.1, 0.15) is 6.04 Å². The van der Waals surface area contributed by atoms with Crippen molar-refractivity contribution in [1.82, 2.24) is 4.98 Å². The number of benzene rings is 1. The summed E-state index contributed by atoms with van der Waals surface area (Å²) >= 11 is 0. The minimum Gasteiger partial charge on any atom is -0.360 e. The highest BCUT2D eigenvalue weighted by Crippen LogP contribution is 2.18. The molecule has 1 aromatic carbocycles. The van der Waals surface area contributed by atoms with Crippen LogP contribution in [0.3, 0.4) is 0 Å². The number of aromatic amines is 1. The Morgan fingerprint density at radius 2 is 1.95 bits per heavy atom. The van der Waals surface area contributed by atoms with E-state index in [1.165, 1.54) is 24.2 Å². The number of rotatable bonds is 3. The molecule has 0 spiro atoms. The van der Waals surface area contributed by atoms with Crippen LogP contribution in [-0.2, 0) is 0 Å². The lowest BCUT2D eigenvalue weighted by molar-refractivity contribution is -0.918. The quantitative estimate of drug-likeness (QED) is 0.809. The van der Waals surface area contributed by atoms with Crippen molar-refractivity contribution in [2.24, 2.45) is 0 Å². The van der Waals surface area contributed by atoms with Gasteiger partial charge in [0, 0.05) is 22.7 Å². The number of hydrogen-bond acceptors (Lipinski definition) is 1. The molecule has 1 saturated heterocycles. The fourth-order valence-electron chi connectivity index (χ4n) is 3.13. The van der Waals surface area contributed by atoms with E-state index in [1.807, 2.05) is 30.5 Å². The van der Waals surface area contributed by atoms with E-state index >= 15 is 0 Å². The van der Waals surface area contributed by atoms with Crippen LogP contribution in [0.25, 0.3) is 10.9 Å². The van der Waals surface area contributed by atoms with Crippen LogP contribution in [0.15, 0.2) is 30.5 Å². The molecule has 100 valence electrons. The zero-order valence-electron chi connectivity index (χ0n) is 11.4. The minimum atomic E-state index is 0.0690. The van der Waals surface area contributed by atoms with Crippen LogP contribution in [-0.4, -0.2) is 29.9 Å². The van der Waals surface area contributed by atoms with Crippen LogP contribution in [0.5, 0.6) is 0 Å². The van der Waals surface area contributed by atoms with E-state index in [9.17, 15) is 4.79 Å². The number of nitrogens with one attached hydrogen (secondary N) is 2. The molecule has 0 bridgehead atoms. The lowest BCUT2D eigenvalue weighted by atomic mass is 10.0. The molecule has 1 aromatic heterocycles. The van der Waals surface area contributed by atoms with E-state index in [0.29, 0.717) is 0 Å². The number of H-pyrrole nitrogens is 1. The van der Waals surface area contributed by atoms with Gasteiger partial charge in [0.2, 0.25) is 5.78 Å². The molecule has 3 rings (SSSR count). The van der Waals surface area contributed by atoms with Crippen molar-refractivity contribution < 1.29 is 9.69 Å². The van der Waals surface area contributed by atoms with Gasteiger partial charge in [-0.2, -0.15) is 0 Å². The molecule has 0 aliphatic carbocycles. The van der Waals surface area contributed by atoms with Gasteiger partial charge in [0.05, 0.1) is 13.1 Å². The molecule has 0 amide bonds. The van der Waals surface area contributed by atoms with Crippen LogP contribution in [0.2, 0.25) is 0 Å². The predicted octanol–water partition coefficient (Wildman–Crippen LogP) is 1.81. The number of para-hydroxylation sites is 1. The van der Waals surface area contributed by atoms with Crippen molar-refractivity contribution in [3.8, 4) is 0 Å². The van der Waals surface area contributed by atoms with Crippen LogP contribution in [0.1, 0.15) is 36.5 Å². The smallest absolute Gasteiger partial charge is 0.221 e. The molecule has 1 aliphatic rings. The number of likely N-dealkylation sites (tertiary alicyclic amines) is 1. The number of Topliss-reactive ketones (excluding diaryl/α,β-unsaturated/α-hetero) is 1. The van der Waals surface area contributed by atoms with Gasteiger partial charge in [-0.3, -0.25) is 4.79 Å². The highest BCUT2D eigenvalue weighted by atomic mass is 16.1. The molecule has 0 saturated carbocycles. The van der Waals surface area contributed by atoms with Gasteiger partial charge in [-0.05, 0) is 32.3 Å². The van der Waals surface area contributed by atoms with E-state index in [-0.39, 0.29) is 11.8 Å². The van der Waals surface area contributed by atoms with Crippen molar-refractivity contribution in [1.29, 1.82) is 0 Å². The maximum atomic E-state index is 12.7. The van der Waals surface area contributed by atoms with Gasteiger partial charge >= 0.3 is 0 Å². The van der Waals surface area contributed by atoms with Crippen molar-refractivity contribution >= 4 is 16.7 Å². The molecule has 0 unspecified atom stereocenters. The van der Waals surface area contributed by atoms with Crippen LogP contribution < -0.4 is 4.90 Å². The lowest BCUT2D eigenvalue weighted by Crippen LogP contribution is -3.17. The Morgan fingerprint density at radius 3 is 2.74 bits per heavy atom. The Labute approximate surface area is 113 Å². The molecule has 0 radical (unpaired) electrons. The molecule has 3 nitrogen and oxygen atoms in total. The Bertz CT molecular complexity index is 581. The standard InChI is InChI=1S/C16H20N2O/c1-12(18-9-5-2-6-10-18)16(19)14-11-17-15-8-4-3-7-13(14)15/h3-4,7-8,11-12,17H,2,5-6,9-10H2,1H3/p+1/t12-/m1/s1. The van der Waals surface area contributed by atoms with Crippen molar-refractivity contribution in [2.45, 2.75) is 32.2 Å². The number of quaternary nitrogens is 1. The second-order valence-corrected chi connectivity index (χ2v) is 5.55. The summed E-state index contributed by atoms with van der Waals surface area (Å²) in [4.78, 5) is 17.3. The Hall–Kier alpha value is -1.61. The summed E-state index contributed by atoms with van der Waals surface area (Å²) in [7, 11) is 0. The molecular weight excluding hydrogens is 236 g/mol. The van der Waals surface area contributed by atoms with E-state index in [2.05, 4.69) is 11.9 Å². The Balaban J connectivity index is 1.86. The predicted molar refractivity (Wildman–Crippen MR) is 76.6 cm³/mol. The largest absolute Gasteiger partial charge is 0.360 e. The maximum absolute atomic E-state index is 12.7. The van der Waals surface area contributed by atoms with E-state index in [4.69, 9.17) is 0 Å². The molecule has 2 aromatic rings. The molecular formula is C16H21N2O+. The van der Waals surface area contributed by atoms with Gasteiger partial charge in [-0.15, -0.1) is 0 Å². The third kappa shape index (κ3) is 2.30. The highest BCUT2D eigenvalue weighted by molar-refractivity contribution is 6.09. The molecule has 2 heterocycles. The summed E-state index contributed by atoms with van der Waals surface area (Å²) in [6.07, 6.45) is 5.69. The number of ketones is 1. The fraction of sp³-hybridized carbons (Fsp3) is 0.438. The third-order valence-electron chi connectivity index (χ3n) is 4.36. The van der Waals surface area contributed by atoms with E-state index in [0.717, 1.165) is 29.6 Å². The monoisotopic (exact) mass is 257 g/mol. The Kier molecular flexibility index (Phi) is 3.38. The lowest BCUT2D eigenvalue weighted by Gasteiger charge is -2.28. The topological polar surface area (TPSA) is 37.3 Å². The van der Waals surface area contributed by atoms with Crippen molar-refractivity contribution in [2.75, 3.05) is 13.1 Å². The van der Waals surface area contributed by atoms with Gasteiger partial charge in [-0.1, -0.05) is 18.2 Å². The first-order valence-corrected chi connectivity index (χ1v) is 7.22. The summed E-state index contributed by atoms with van der Waals surface area (Å²) in [6.45, 7) is 4.34. The summed E-state index contributed by atoms with van der Waals surface area (Å²) in [5, 5.41) is 1.05. The number of piperidine rings is 1. The number of aromatic nitrogens is 1. The van der Waals surface area contributed by atoms with E-state index < -0.39 is 0 Å². The zero-order chi connectivity index (χ0) is 13.2. The van der Waals surface area contributed by atoms with Gasteiger partial charge < -0.3 is 9.88 Å². The van der Waals surface area contributed by atoms with Gasteiger partial charge in [0.25, 0.3) is 0 Å². The normalized spacial score (nSPS) is 18.6. The molecule has 1 aliphatic heterocycles. The number of carbonyl (C=O) groups excluding carboxylic acids is 1. The second kappa shape index (κ2) is 5.17. The second-order valence-electron chi connectivity index (χ2n) is 5.55. The SMILES string of the molecule is C[C@H](C(=O)c1c[nH]c2ccccc12)[NH+]1CCCCC1. The van der Waals surface area contributed by atoms with E-state index in [1.54, 1.807) is 0 Å². The van der Waals surface area contributed by atoms with Crippen LogP contribution >= 0.6 is 0 Å². The van der Waals surface area contributed by atoms with Gasteiger partial charge in [-0.25, -0.2) is 0 Å². The maximum Gasteiger partial charge on any atom is 0.221 e. The summed E-state index contributed by atoms with van der Waals surface area (Å²) in [6, 6.07) is 8.10. The highest BCUT2D eigenvalue weighted by Gasteiger charge is 2.28. The van der Waals surface area contributed by atoms with Gasteiger partial charge in [0.15, 0.2) is 0 Å². The average molecular weight is 257 g/mol. The fourth-order valence-corrected chi connectivity index (χ4v) is 3.13. The van der Waals surface area contributed by atoms with Crippen LogP contribution in [0, 0.1) is 0 Å². The number of fused-ring (bicyclic) bond motifs is 1. The first-order chi connectivity index (χ1) is 9.27. The summed E-state index contributed by atoms with van der Waals surface area (Å²) < 4.78 is 0. The zero-order valence-corrected chi connectivity index (χ0v) is 11.4. The van der Waals surface area contributed by atoms with Crippen molar-refractivity contribution in [3.63, 3.8) is 0 Å². The van der Waals surface area contributed by atoms with Crippen molar-refractivity contribution in [3.05, 3.63) is 36.0 Å². The average Bonchev–Trinajstić information content (AvgIpc) is 2.90. The molecule has 1 fully saturated rings. The number of hydrogen-bond donors (Lipinski definition) is 2. The first-order valence-electron chi connectivity index (χ1n) is 7.22. The summed E-state index contributed by atoms with van der Waals surface area (Å²) in [5.41, 5.74) is 1.90. The molecule has 1 atom stereocenters. The molecule has 3 heteroatoms. The Morgan fingerprint density at radius 1 is 1.21 bits per heavy atom. The third-order valence-corrected chi connectivity index (χ3v) is 4.36. The first kappa shape index (κ1) is 12.4. The molecule has 19 heavy (non-hydrogen) atoms. The molecule has 2 N–H and O–H groups in total. The summed E-state index contributed by atoms with van der Waals surface area (Å²) in [5.74, 6) is 0.273. The van der Waals surface area contributed by atoms with Crippen LogP contribution in [0.4, 0.5) is 0 Å². The minimum absolute atomic E-state index is 0.0690. The number of carbonyl (C=O) groups is 1.